The topological polar surface area (TPSA) is 92.5 Å². The normalized spacial score (nSPS) is 23.7. The predicted molar refractivity (Wildman–Crippen MR) is 76.4 cm³/mol. The van der Waals surface area contributed by atoms with Gasteiger partial charge in [0.15, 0.2) is 0 Å². The van der Waals surface area contributed by atoms with Crippen molar-refractivity contribution in [1.82, 2.24) is 9.62 Å². The molecule has 0 aromatic heterocycles. The molecular weight excluding hydrogens is 278 g/mol. The third-order valence-corrected chi connectivity index (χ3v) is 5.67. The third-order valence-electron chi connectivity index (χ3n) is 3.75. The lowest BCUT2D eigenvalue weighted by Crippen LogP contribution is -2.40. The van der Waals surface area contributed by atoms with E-state index < -0.39 is 15.4 Å². The molecule has 1 unspecified atom stereocenters. The summed E-state index contributed by atoms with van der Waals surface area (Å²) in [6.07, 6.45) is 0.499. The smallest absolute Gasteiger partial charge is 0.245 e. The molecule has 0 aliphatic carbocycles. The largest absolute Gasteiger partial charge is 0.398 e. The van der Waals surface area contributed by atoms with Gasteiger partial charge in [0, 0.05) is 20.1 Å². The van der Waals surface area contributed by atoms with Crippen molar-refractivity contribution in [2.24, 2.45) is 5.41 Å². The van der Waals surface area contributed by atoms with E-state index in [1.54, 1.807) is 32.2 Å². The SMILES string of the molecule is CNC(=O)C1(C)CCN(S(=O)(=O)c2ccccc2N)C1. The molecule has 6 nitrogen and oxygen atoms in total. The van der Waals surface area contributed by atoms with Crippen LogP contribution in [0, 0.1) is 5.41 Å². The van der Waals surface area contributed by atoms with Crippen LogP contribution in [0.15, 0.2) is 29.2 Å². The van der Waals surface area contributed by atoms with Crippen LogP contribution in [-0.2, 0) is 14.8 Å². The molecule has 20 heavy (non-hydrogen) atoms. The van der Waals surface area contributed by atoms with E-state index in [0.717, 1.165) is 0 Å². The monoisotopic (exact) mass is 297 g/mol. The first-order valence-corrected chi connectivity index (χ1v) is 7.82. The van der Waals surface area contributed by atoms with Gasteiger partial charge in [-0.1, -0.05) is 12.1 Å². The van der Waals surface area contributed by atoms with Gasteiger partial charge < -0.3 is 11.1 Å². The summed E-state index contributed by atoms with van der Waals surface area (Å²) in [7, 11) is -2.10. The number of carbonyl (C=O) groups is 1. The molecule has 1 amide bonds. The average molecular weight is 297 g/mol. The van der Waals surface area contributed by atoms with Crippen LogP contribution in [0.2, 0.25) is 0 Å². The number of rotatable bonds is 3. The van der Waals surface area contributed by atoms with Crippen LogP contribution >= 0.6 is 0 Å². The van der Waals surface area contributed by atoms with E-state index >= 15 is 0 Å². The molecule has 110 valence electrons. The Hall–Kier alpha value is -1.60. The molecule has 1 aliphatic heterocycles. The van der Waals surface area contributed by atoms with Crippen molar-refractivity contribution >= 4 is 21.6 Å². The van der Waals surface area contributed by atoms with Crippen molar-refractivity contribution in [1.29, 1.82) is 0 Å². The summed E-state index contributed by atoms with van der Waals surface area (Å²) < 4.78 is 26.5. The first-order valence-electron chi connectivity index (χ1n) is 6.38. The Bertz CT molecular complexity index is 630. The van der Waals surface area contributed by atoms with Gasteiger partial charge in [0.25, 0.3) is 0 Å². The molecule has 7 heteroatoms. The van der Waals surface area contributed by atoms with Gasteiger partial charge in [0.2, 0.25) is 15.9 Å². The lowest BCUT2D eigenvalue weighted by Gasteiger charge is -2.23. The Morgan fingerprint density at radius 2 is 2.05 bits per heavy atom. The van der Waals surface area contributed by atoms with Crippen molar-refractivity contribution in [3.05, 3.63) is 24.3 Å². The van der Waals surface area contributed by atoms with E-state index in [-0.39, 0.29) is 23.0 Å². The highest BCUT2D eigenvalue weighted by atomic mass is 32.2. The molecule has 0 bridgehead atoms. The number of nitrogen functional groups attached to an aromatic ring is 1. The molecule has 0 radical (unpaired) electrons. The molecule has 0 spiro atoms. The number of nitrogens with one attached hydrogen (secondary N) is 1. The molecule has 1 aromatic rings. The fourth-order valence-electron chi connectivity index (χ4n) is 2.47. The molecular formula is C13H19N3O3S. The van der Waals surface area contributed by atoms with Gasteiger partial charge in [0.1, 0.15) is 4.90 Å². The maximum atomic E-state index is 12.6. The summed E-state index contributed by atoms with van der Waals surface area (Å²) in [4.78, 5) is 12.0. The first-order chi connectivity index (χ1) is 9.31. The number of para-hydroxylation sites is 1. The quantitative estimate of drug-likeness (QED) is 0.791. The minimum absolute atomic E-state index is 0.0983. The van der Waals surface area contributed by atoms with E-state index in [0.29, 0.717) is 13.0 Å². The fraction of sp³-hybridized carbons (Fsp3) is 0.462. The summed E-state index contributed by atoms with van der Waals surface area (Å²) in [5, 5.41) is 2.59. The number of carbonyl (C=O) groups excluding carboxylic acids is 1. The van der Waals surface area contributed by atoms with Crippen molar-refractivity contribution in [3.8, 4) is 0 Å². The molecule has 1 fully saturated rings. The second-order valence-corrected chi connectivity index (χ2v) is 7.17. The molecule has 0 saturated carbocycles. The molecule has 1 aliphatic rings. The van der Waals surface area contributed by atoms with Crippen molar-refractivity contribution in [2.45, 2.75) is 18.2 Å². The molecule has 1 aromatic carbocycles. The van der Waals surface area contributed by atoms with Crippen LogP contribution < -0.4 is 11.1 Å². The number of sulfonamides is 1. The Kier molecular flexibility index (Phi) is 3.75. The summed E-state index contributed by atoms with van der Waals surface area (Å²) in [6, 6.07) is 6.37. The Balaban J connectivity index is 2.30. The Labute approximate surface area is 119 Å². The number of amides is 1. The number of nitrogens with zero attached hydrogens (tertiary/aromatic N) is 1. The van der Waals surface area contributed by atoms with Gasteiger partial charge in [-0.15, -0.1) is 0 Å². The van der Waals surface area contributed by atoms with Gasteiger partial charge in [-0.3, -0.25) is 4.79 Å². The van der Waals surface area contributed by atoms with E-state index in [2.05, 4.69) is 5.32 Å². The van der Waals surface area contributed by atoms with Crippen LogP contribution in [0.1, 0.15) is 13.3 Å². The lowest BCUT2D eigenvalue weighted by atomic mass is 9.89. The van der Waals surface area contributed by atoms with Crippen LogP contribution in [0.3, 0.4) is 0 Å². The zero-order valence-electron chi connectivity index (χ0n) is 11.6. The van der Waals surface area contributed by atoms with Gasteiger partial charge >= 0.3 is 0 Å². The van der Waals surface area contributed by atoms with E-state index in [1.807, 2.05) is 0 Å². The summed E-state index contributed by atoms with van der Waals surface area (Å²) in [5.74, 6) is -0.142. The summed E-state index contributed by atoms with van der Waals surface area (Å²) in [6.45, 7) is 2.26. The Morgan fingerprint density at radius 1 is 1.40 bits per heavy atom. The second-order valence-electron chi connectivity index (χ2n) is 5.27. The summed E-state index contributed by atoms with van der Waals surface area (Å²) >= 11 is 0. The highest BCUT2D eigenvalue weighted by Crippen LogP contribution is 2.34. The minimum atomic E-state index is -3.65. The zero-order chi connectivity index (χ0) is 15.0. The van der Waals surface area contributed by atoms with Gasteiger partial charge in [-0.05, 0) is 25.5 Å². The van der Waals surface area contributed by atoms with E-state index in [9.17, 15) is 13.2 Å². The van der Waals surface area contributed by atoms with Crippen molar-refractivity contribution in [2.75, 3.05) is 25.9 Å². The standard InChI is InChI=1S/C13H19N3O3S/c1-13(12(17)15-2)7-8-16(9-13)20(18,19)11-6-4-3-5-10(11)14/h3-6H,7-9,14H2,1-2H3,(H,15,17). The van der Waals surface area contributed by atoms with Crippen LogP contribution in [-0.4, -0.2) is 38.8 Å². The van der Waals surface area contributed by atoms with Crippen LogP contribution in [0.25, 0.3) is 0 Å². The number of benzene rings is 1. The second kappa shape index (κ2) is 5.06. The van der Waals surface area contributed by atoms with Crippen LogP contribution in [0.4, 0.5) is 5.69 Å². The van der Waals surface area contributed by atoms with Gasteiger partial charge in [-0.25, -0.2) is 8.42 Å². The average Bonchev–Trinajstić information content (AvgIpc) is 2.83. The molecule has 3 N–H and O–H groups in total. The van der Waals surface area contributed by atoms with E-state index in [4.69, 9.17) is 5.73 Å². The van der Waals surface area contributed by atoms with Crippen molar-refractivity contribution in [3.63, 3.8) is 0 Å². The first kappa shape index (κ1) is 14.8. The number of hydrogen-bond acceptors (Lipinski definition) is 4. The van der Waals surface area contributed by atoms with Crippen LogP contribution in [0.5, 0.6) is 0 Å². The number of nitrogens with two attached hydrogens (primary N) is 1. The number of hydrogen-bond donors (Lipinski definition) is 2. The maximum Gasteiger partial charge on any atom is 0.245 e. The Morgan fingerprint density at radius 3 is 2.65 bits per heavy atom. The van der Waals surface area contributed by atoms with Gasteiger partial charge in [0.05, 0.1) is 11.1 Å². The molecule has 1 atom stereocenters. The molecule has 2 rings (SSSR count). The van der Waals surface area contributed by atoms with Crippen molar-refractivity contribution < 1.29 is 13.2 Å². The lowest BCUT2D eigenvalue weighted by molar-refractivity contribution is -0.128. The highest BCUT2D eigenvalue weighted by Gasteiger charge is 2.44. The number of anilines is 1. The fourth-order valence-corrected chi connectivity index (χ4v) is 4.15. The highest BCUT2D eigenvalue weighted by molar-refractivity contribution is 7.89. The molecule has 1 heterocycles. The minimum Gasteiger partial charge on any atom is -0.398 e. The third kappa shape index (κ3) is 2.38. The molecule has 1 saturated heterocycles. The zero-order valence-corrected chi connectivity index (χ0v) is 12.4. The maximum absolute atomic E-state index is 12.6. The van der Waals surface area contributed by atoms with Gasteiger partial charge in [-0.2, -0.15) is 4.31 Å². The predicted octanol–water partition coefficient (Wildman–Crippen LogP) is 0.416. The summed E-state index contributed by atoms with van der Waals surface area (Å²) in [5.41, 5.74) is 5.28. The van der Waals surface area contributed by atoms with E-state index in [1.165, 1.54) is 10.4 Å².